The number of hydrogen-bond acceptors (Lipinski definition) is 7. The van der Waals surface area contributed by atoms with Gasteiger partial charge in [0.05, 0.1) is 35.4 Å². The van der Waals surface area contributed by atoms with Crippen LogP contribution in [0.25, 0.3) is 0 Å². The van der Waals surface area contributed by atoms with Gasteiger partial charge in [0, 0.05) is 19.5 Å². The number of carbonyl (C=O) groups excluding carboxylic acids is 2. The van der Waals surface area contributed by atoms with E-state index in [-0.39, 0.29) is 59.8 Å². The van der Waals surface area contributed by atoms with E-state index in [2.05, 4.69) is 0 Å². The van der Waals surface area contributed by atoms with Crippen molar-refractivity contribution in [1.82, 2.24) is 4.31 Å². The molecule has 2 aliphatic heterocycles. The summed E-state index contributed by atoms with van der Waals surface area (Å²) in [7, 11) is -3.94. The minimum Gasteiger partial charge on any atom is -0.463 e. The van der Waals surface area contributed by atoms with Crippen molar-refractivity contribution in [3.8, 4) is 0 Å². The van der Waals surface area contributed by atoms with Crippen LogP contribution >= 0.6 is 23.2 Å². The number of carbonyl (C=O) groups is 2. The van der Waals surface area contributed by atoms with Crippen LogP contribution in [0.2, 0.25) is 10.0 Å². The highest BCUT2D eigenvalue weighted by Gasteiger charge is 2.33. The second-order valence-corrected chi connectivity index (χ2v) is 8.35. The number of nitrogens with zero attached hydrogens (tertiary/aromatic N) is 1. The number of hydrogen-bond donors (Lipinski definition) is 0. The number of ether oxygens (including phenoxy) is 3. The third kappa shape index (κ3) is 3.81. The first-order valence-electron chi connectivity index (χ1n) is 7.75. The molecule has 0 aliphatic carbocycles. The summed E-state index contributed by atoms with van der Waals surface area (Å²) < 4.78 is 41.8. The lowest BCUT2D eigenvalue weighted by molar-refractivity contribution is -0.145. The van der Waals surface area contributed by atoms with Crippen molar-refractivity contribution >= 4 is 45.2 Å². The third-order valence-electron chi connectivity index (χ3n) is 3.97. The molecule has 8 nitrogen and oxygen atoms in total. The average Bonchev–Trinajstić information content (AvgIpc) is 3.00. The molecule has 1 aromatic carbocycles. The third-order valence-corrected chi connectivity index (χ3v) is 6.64. The fourth-order valence-electron chi connectivity index (χ4n) is 2.59. The largest absolute Gasteiger partial charge is 0.463 e. The number of halogens is 2. The Morgan fingerprint density at radius 2 is 1.85 bits per heavy atom. The zero-order chi connectivity index (χ0) is 18.9. The first-order chi connectivity index (χ1) is 12.3. The SMILES string of the molecule is O=C(O[C@@H]1CCOC1=O)c1cc(S(=O)(=O)N2CCOCC2)c(Cl)cc1Cl. The first-order valence-corrected chi connectivity index (χ1v) is 9.95. The van der Waals surface area contributed by atoms with Crippen LogP contribution in [0.1, 0.15) is 16.8 Å². The van der Waals surface area contributed by atoms with Crippen LogP contribution in [0.5, 0.6) is 0 Å². The molecule has 0 bridgehead atoms. The van der Waals surface area contributed by atoms with Crippen LogP contribution in [0.3, 0.4) is 0 Å². The van der Waals surface area contributed by atoms with Gasteiger partial charge in [-0.25, -0.2) is 18.0 Å². The van der Waals surface area contributed by atoms with Crippen LogP contribution in [0.4, 0.5) is 0 Å². The molecule has 0 saturated carbocycles. The fourth-order valence-corrected chi connectivity index (χ4v) is 4.82. The lowest BCUT2D eigenvalue weighted by Gasteiger charge is -2.26. The second-order valence-electron chi connectivity index (χ2n) is 5.63. The van der Waals surface area contributed by atoms with Gasteiger partial charge in [-0.1, -0.05) is 23.2 Å². The second kappa shape index (κ2) is 7.69. The number of cyclic esters (lactones) is 1. The maximum absolute atomic E-state index is 12.8. The van der Waals surface area contributed by atoms with E-state index in [0.29, 0.717) is 0 Å². The van der Waals surface area contributed by atoms with E-state index in [1.807, 2.05) is 0 Å². The number of rotatable bonds is 4. The molecule has 3 rings (SSSR count). The van der Waals surface area contributed by atoms with Crippen molar-refractivity contribution in [2.45, 2.75) is 17.4 Å². The van der Waals surface area contributed by atoms with Gasteiger partial charge in [0.25, 0.3) is 0 Å². The van der Waals surface area contributed by atoms with Gasteiger partial charge in [-0.05, 0) is 12.1 Å². The molecule has 142 valence electrons. The van der Waals surface area contributed by atoms with Crippen LogP contribution in [0, 0.1) is 0 Å². The lowest BCUT2D eigenvalue weighted by Crippen LogP contribution is -2.40. The Morgan fingerprint density at radius 1 is 1.15 bits per heavy atom. The monoisotopic (exact) mass is 423 g/mol. The van der Waals surface area contributed by atoms with E-state index in [4.69, 9.17) is 37.4 Å². The average molecular weight is 424 g/mol. The molecule has 2 saturated heterocycles. The standard InChI is InChI=1S/C15H15Cl2NO7S/c16-10-8-11(17)13(26(21,22)18-2-5-23-6-3-18)7-9(10)14(19)25-12-1-4-24-15(12)20/h7-8,12H,1-6H2/t12-/m1/s1. The zero-order valence-corrected chi connectivity index (χ0v) is 15.8. The molecule has 0 aromatic heterocycles. The maximum Gasteiger partial charge on any atom is 0.347 e. The van der Waals surface area contributed by atoms with Gasteiger partial charge in [0.1, 0.15) is 4.90 Å². The first kappa shape index (κ1) is 19.4. The van der Waals surface area contributed by atoms with Gasteiger partial charge in [-0.2, -0.15) is 4.31 Å². The molecular formula is C15H15Cl2NO7S. The zero-order valence-electron chi connectivity index (χ0n) is 13.4. The highest BCUT2D eigenvalue weighted by molar-refractivity contribution is 7.89. The van der Waals surface area contributed by atoms with Crippen LogP contribution < -0.4 is 0 Å². The molecule has 0 radical (unpaired) electrons. The van der Waals surface area contributed by atoms with Gasteiger partial charge in [0.15, 0.2) is 0 Å². The van der Waals surface area contributed by atoms with Gasteiger partial charge in [0.2, 0.25) is 16.1 Å². The van der Waals surface area contributed by atoms with Crippen molar-refractivity contribution in [2.24, 2.45) is 0 Å². The van der Waals surface area contributed by atoms with E-state index in [1.165, 1.54) is 10.4 Å². The molecule has 0 amide bonds. The summed E-state index contributed by atoms with van der Waals surface area (Å²) in [4.78, 5) is 23.5. The molecule has 2 aliphatic rings. The van der Waals surface area contributed by atoms with Crippen molar-refractivity contribution in [2.75, 3.05) is 32.9 Å². The molecular weight excluding hydrogens is 409 g/mol. The minimum absolute atomic E-state index is 0.0766. The quantitative estimate of drug-likeness (QED) is 0.676. The Kier molecular flexibility index (Phi) is 5.73. The predicted molar refractivity (Wildman–Crippen MR) is 90.8 cm³/mol. The number of morpholine rings is 1. The van der Waals surface area contributed by atoms with E-state index >= 15 is 0 Å². The molecule has 0 spiro atoms. The molecule has 0 unspecified atom stereocenters. The fraction of sp³-hybridized carbons (Fsp3) is 0.467. The topological polar surface area (TPSA) is 99.2 Å². The Morgan fingerprint density at radius 3 is 2.46 bits per heavy atom. The molecule has 26 heavy (non-hydrogen) atoms. The normalized spacial score (nSPS) is 21.5. The van der Waals surface area contributed by atoms with Gasteiger partial charge < -0.3 is 14.2 Å². The highest BCUT2D eigenvalue weighted by atomic mass is 35.5. The molecule has 2 heterocycles. The maximum atomic E-state index is 12.8. The summed E-state index contributed by atoms with van der Waals surface area (Å²) in [5.41, 5.74) is -0.192. The van der Waals surface area contributed by atoms with E-state index in [0.717, 1.165) is 6.07 Å². The predicted octanol–water partition coefficient (Wildman–Crippen LogP) is 1.49. The Hall–Kier alpha value is -1.39. The van der Waals surface area contributed by atoms with Crippen molar-refractivity contribution in [3.05, 3.63) is 27.7 Å². The molecule has 0 N–H and O–H groups in total. The Labute approximate surface area is 159 Å². The number of esters is 2. The summed E-state index contributed by atoms with van der Waals surface area (Å²) in [6, 6.07) is 2.23. The molecule has 11 heteroatoms. The van der Waals surface area contributed by atoms with Crippen LogP contribution in [-0.2, 0) is 29.0 Å². The van der Waals surface area contributed by atoms with Crippen molar-refractivity contribution in [1.29, 1.82) is 0 Å². The van der Waals surface area contributed by atoms with E-state index < -0.39 is 28.1 Å². The minimum atomic E-state index is -3.94. The van der Waals surface area contributed by atoms with Gasteiger partial charge >= 0.3 is 11.9 Å². The Balaban J connectivity index is 1.91. The Bertz CT molecular complexity index is 837. The molecule has 1 aromatic rings. The van der Waals surface area contributed by atoms with Crippen molar-refractivity contribution in [3.63, 3.8) is 0 Å². The van der Waals surface area contributed by atoms with Crippen LogP contribution in [0.15, 0.2) is 17.0 Å². The summed E-state index contributed by atoms with van der Waals surface area (Å²) >= 11 is 12.1. The van der Waals surface area contributed by atoms with Gasteiger partial charge in [-0.3, -0.25) is 0 Å². The summed E-state index contributed by atoms with van der Waals surface area (Å²) in [5, 5.41) is -0.189. The smallest absolute Gasteiger partial charge is 0.347 e. The molecule has 1 atom stereocenters. The highest BCUT2D eigenvalue weighted by Crippen LogP contribution is 2.32. The summed E-state index contributed by atoms with van der Waals surface area (Å²) in [6.45, 7) is 1.04. The molecule has 2 fully saturated rings. The number of benzene rings is 1. The van der Waals surface area contributed by atoms with Crippen LogP contribution in [-0.4, -0.2) is 63.7 Å². The number of sulfonamides is 1. The van der Waals surface area contributed by atoms with Gasteiger partial charge in [-0.15, -0.1) is 0 Å². The van der Waals surface area contributed by atoms with Crippen molar-refractivity contribution < 1.29 is 32.2 Å². The van der Waals surface area contributed by atoms with E-state index in [1.54, 1.807) is 0 Å². The summed E-state index contributed by atoms with van der Waals surface area (Å²) in [5.74, 6) is -1.57. The summed E-state index contributed by atoms with van der Waals surface area (Å²) in [6.07, 6.45) is -0.803. The lowest BCUT2D eigenvalue weighted by atomic mass is 10.2. The van der Waals surface area contributed by atoms with E-state index in [9.17, 15) is 18.0 Å².